The highest BCUT2D eigenvalue weighted by Gasteiger charge is 2.29. The van der Waals surface area contributed by atoms with Crippen molar-refractivity contribution in [2.75, 3.05) is 6.54 Å². The van der Waals surface area contributed by atoms with E-state index in [1.54, 1.807) is 0 Å². The molecule has 1 atom stereocenters. The molecule has 0 amide bonds. The number of nitrogens with zero attached hydrogens (tertiary/aromatic N) is 2. The molecule has 108 valence electrons. The molecule has 4 heteroatoms. The second-order valence-electron chi connectivity index (χ2n) is 6.18. The van der Waals surface area contributed by atoms with E-state index in [1.807, 2.05) is 11.7 Å². The lowest BCUT2D eigenvalue weighted by Crippen LogP contribution is -2.35. The number of aromatic nitrogens is 2. The Morgan fingerprint density at radius 2 is 2.11 bits per heavy atom. The van der Waals surface area contributed by atoms with Crippen molar-refractivity contribution in [3.8, 4) is 0 Å². The van der Waals surface area contributed by atoms with Crippen molar-refractivity contribution in [2.24, 2.45) is 12.5 Å². The Labute approximate surface area is 121 Å². The normalized spacial score (nSPS) is 18.6. The van der Waals surface area contributed by atoms with Gasteiger partial charge in [-0.2, -0.15) is 5.10 Å². The second kappa shape index (κ2) is 5.84. The van der Waals surface area contributed by atoms with Crippen LogP contribution >= 0.6 is 11.6 Å². The molecule has 0 bridgehead atoms. The predicted molar refractivity (Wildman–Crippen MR) is 80.7 cm³/mol. The number of aryl methyl sites for hydroxylation is 2. The summed E-state index contributed by atoms with van der Waals surface area (Å²) in [7, 11) is 2.00. The van der Waals surface area contributed by atoms with Crippen molar-refractivity contribution in [2.45, 2.75) is 58.9 Å². The topological polar surface area (TPSA) is 29.9 Å². The van der Waals surface area contributed by atoms with Gasteiger partial charge in [-0.15, -0.1) is 0 Å². The minimum atomic E-state index is 0.255. The summed E-state index contributed by atoms with van der Waals surface area (Å²) in [5, 5.41) is 9.05. The van der Waals surface area contributed by atoms with Crippen LogP contribution in [0.3, 0.4) is 0 Å². The molecule has 0 aliphatic heterocycles. The molecule has 19 heavy (non-hydrogen) atoms. The van der Waals surface area contributed by atoms with Gasteiger partial charge in [0.15, 0.2) is 0 Å². The lowest BCUT2D eigenvalue weighted by atomic mass is 9.82. The molecule has 1 heterocycles. The summed E-state index contributed by atoms with van der Waals surface area (Å²) in [4.78, 5) is 0. The van der Waals surface area contributed by atoms with Gasteiger partial charge in [0.05, 0.1) is 16.4 Å². The Kier molecular flexibility index (Phi) is 4.57. The maximum Gasteiger partial charge on any atom is 0.0849 e. The number of hydrogen-bond donors (Lipinski definition) is 1. The fraction of sp³-hybridized carbons (Fsp3) is 0.800. The van der Waals surface area contributed by atoms with Gasteiger partial charge in [-0.1, -0.05) is 32.4 Å². The van der Waals surface area contributed by atoms with Crippen molar-refractivity contribution in [3.05, 3.63) is 16.4 Å². The molecular weight excluding hydrogens is 258 g/mol. The van der Waals surface area contributed by atoms with E-state index in [4.69, 9.17) is 11.6 Å². The quantitative estimate of drug-likeness (QED) is 0.832. The molecule has 1 fully saturated rings. The second-order valence-corrected chi connectivity index (χ2v) is 6.56. The van der Waals surface area contributed by atoms with Crippen LogP contribution in [0.5, 0.6) is 0 Å². The van der Waals surface area contributed by atoms with Crippen LogP contribution in [0, 0.1) is 5.41 Å². The number of halogens is 1. The van der Waals surface area contributed by atoms with E-state index in [2.05, 4.69) is 31.2 Å². The Bertz CT molecular complexity index is 437. The first-order chi connectivity index (χ1) is 8.99. The van der Waals surface area contributed by atoms with Gasteiger partial charge in [0.25, 0.3) is 0 Å². The van der Waals surface area contributed by atoms with E-state index < -0.39 is 0 Å². The van der Waals surface area contributed by atoms with Gasteiger partial charge >= 0.3 is 0 Å². The first-order valence-electron chi connectivity index (χ1n) is 7.42. The van der Waals surface area contributed by atoms with Crippen molar-refractivity contribution < 1.29 is 0 Å². The van der Waals surface area contributed by atoms with Gasteiger partial charge in [0.1, 0.15) is 0 Å². The summed E-state index contributed by atoms with van der Waals surface area (Å²) in [6, 6.07) is 0.763. The zero-order valence-electron chi connectivity index (χ0n) is 12.6. The summed E-state index contributed by atoms with van der Waals surface area (Å²) in [5.41, 5.74) is 2.46. The van der Waals surface area contributed by atoms with E-state index in [9.17, 15) is 0 Å². The molecule has 2 rings (SSSR count). The van der Waals surface area contributed by atoms with Crippen molar-refractivity contribution in [1.82, 2.24) is 15.1 Å². The molecule has 0 radical (unpaired) electrons. The molecule has 1 aliphatic carbocycles. The van der Waals surface area contributed by atoms with Crippen LogP contribution in [0.25, 0.3) is 0 Å². The largest absolute Gasteiger partial charge is 0.313 e. The van der Waals surface area contributed by atoms with Crippen molar-refractivity contribution >= 4 is 11.6 Å². The van der Waals surface area contributed by atoms with E-state index in [1.165, 1.54) is 18.5 Å². The SMILES string of the molecule is CCc1nn(C)c(CC(C)(CC)CNC2CC2)c1Cl. The minimum Gasteiger partial charge on any atom is -0.313 e. The molecular formula is C15H26ClN3. The number of nitrogens with one attached hydrogen (secondary N) is 1. The Hall–Kier alpha value is -0.540. The molecule has 1 aliphatic rings. The maximum absolute atomic E-state index is 6.46. The Morgan fingerprint density at radius 3 is 2.58 bits per heavy atom. The summed E-state index contributed by atoms with van der Waals surface area (Å²) >= 11 is 6.46. The molecule has 1 aromatic rings. The summed E-state index contributed by atoms with van der Waals surface area (Å²) in [6.45, 7) is 7.78. The molecule has 0 spiro atoms. The van der Waals surface area contributed by atoms with Crippen LogP contribution in [0.2, 0.25) is 5.02 Å². The first kappa shape index (κ1) is 14.9. The highest BCUT2D eigenvalue weighted by molar-refractivity contribution is 6.31. The van der Waals surface area contributed by atoms with Crippen molar-refractivity contribution in [1.29, 1.82) is 0 Å². The molecule has 0 saturated heterocycles. The minimum absolute atomic E-state index is 0.255. The average molecular weight is 284 g/mol. The van der Waals surface area contributed by atoms with E-state index >= 15 is 0 Å². The fourth-order valence-corrected chi connectivity index (χ4v) is 2.77. The van der Waals surface area contributed by atoms with E-state index in [-0.39, 0.29) is 5.41 Å². The van der Waals surface area contributed by atoms with Crippen LogP contribution in [-0.2, 0) is 19.9 Å². The molecule has 1 saturated carbocycles. The van der Waals surface area contributed by atoms with Gasteiger partial charge < -0.3 is 5.32 Å². The smallest absolute Gasteiger partial charge is 0.0849 e. The average Bonchev–Trinajstić information content (AvgIpc) is 3.19. The van der Waals surface area contributed by atoms with Crippen LogP contribution in [-0.4, -0.2) is 22.4 Å². The van der Waals surface area contributed by atoms with Gasteiger partial charge in [0.2, 0.25) is 0 Å². The summed E-state index contributed by atoms with van der Waals surface area (Å²) in [5.74, 6) is 0. The maximum atomic E-state index is 6.46. The van der Waals surface area contributed by atoms with Gasteiger partial charge in [-0.25, -0.2) is 0 Å². The van der Waals surface area contributed by atoms with Gasteiger partial charge in [-0.05, 0) is 37.5 Å². The van der Waals surface area contributed by atoms with Crippen LogP contribution in [0.4, 0.5) is 0 Å². The molecule has 1 aromatic heterocycles. The standard InChI is InChI=1S/C15H26ClN3/c1-5-12-14(16)13(19(4)18-12)9-15(3,6-2)10-17-11-7-8-11/h11,17H,5-10H2,1-4H3. The third-order valence-electron chi connectivity index (χ3n) is 4.35. The fourth-order valence-electron chi connectivity index (χ4n) is 2.41. The molecule has 3 nitrogen and oxygen atoms in total. The lowest BCUT2D eigenvalue weighted by molar-refractivity contribution is 0.283. The van der Waals surface area contributed by atoms with Crippen molar-refractivity contribution in [3.63, 3.8) is 0 Å². The van der Waals surface area contributed by atoms with Gasteiger partial charge in [0, 0.05) is 19.6 Å². The van der Waals surface area contributed by atoms with E-state index in [0.29, 0.717) is 0 Å². The molecule has 1 N–H and O–H groups in total. The van der Waals surface area contributed by atoms with Crippen LogP contribution < -0.4 is 5.32 Å². The van der Waals surface area contributed by atoms with E-state index in [0.717, 1.165) is 42.6 Å². The van der Waals surface area contributed by atoms with Crippen LogP contribution in [0.15, 0.2) is 0 Å². The monoisotopic (exact) mass is 283 g/mol. The van der Waals surface area contributed by atoms with Gasteiger partial charge in [-0.3, -0.25) is 4.68 Å². The third-order valence-corrected chi connectivity index (χ3v) is 4.78. The highest BCUT2D eigenvalue weighted by atomic mass is 35.5. The first-order valence-corrected chi connectivity index (χ1v) is 7.80. The number of rotatable bonds is 7. The molecule has 0 aromatic carbocycles. The zero-order chi connectivity index (χ0) is 14.0. The molecule has 1 unspecified atom stereocenters. The highest BCUT2D eigenvalue weighted by Crippen LogP contribution is 2.32. The summed E-state index contributed by atoms with van der Waals surface area (Å²) < 4.78 is 1.96. The summed E-state index contributed by atoms with van der Waals surface area (Å²) in [6.07, 6.45) is 5.72. The lowest BCUT2D eigenvalue weighted by Gasteiger charge is -2.29. The Morgan fingerprint density at radius 1 is 1.42 bits per heavy atom. The van der Waals surface area contributed by atoms with Crippen LogP contribution in [0.1, 0.15) is 51.4 Å². The Balaban J connectivity index is 2.09. The number of hydrogen-bond acceptors (Lipinski definition) is 2. The third kappa shape index (κ3) is 3.51. The zero-order valence-corrected chi connectivity index (χ0v) is 13.3. The predicted octanol–water partition coefficient (Wildman–Crippen LogP) is 3.35.